The SMILES string of the molecule is C/C(=C(/N)CO)N(N)C[C@@H](O)COc1ccc(C(C)(C)c2ccc(OC[C@@H](O)CCl)cc2)cc1. The van der Waals surface area contributed by atoms with Gasteiger partial charge in [-0.1, -0.05) is 38.1 Å². The van der Waals surface area contributed by atoms with Gasteiger partial charge in [0.2, 0.25) is 0 Å². The first-order valence-corrected chi connectivity index (χ1v) is 11.6. The minimum atomic E-state index is -0.839. The van der Waals surface area contributed by atoms with Crippen molar-refractivity contribution in [3.05, 3.63) is 71.1 Å². The summed E-state index contributed by atoms with van der Waals surface area (Å²) in [5.74, 6) is 7.31. The third kappa shape index (κ3) is 7.78. The van der Waals surface area contributed by atoms with E-state index in [9.17, 15) is 10.2 Å². The van der Waals surface area contributed by atoms with Gasteiger partial charge in [-0.2, -0.15) is 0 Å². The molecule has 0 unspecified atom stereocenters. The van der Waals surface area contributed by atoms with Crippen LogP contribution >= 0.6 is 11.6 Å². The molecule has 188 valence electrons. The van der Waals surface area contributed by atoms with Crippen molar-refractivity contribution < 1.29 is 24.8 Å². The monoisotopic (exact) mass is 493 g/mol. The molecule has 0 aliphatic heterocycles. The zero-order valence-electron chi connectivity index (χ0n) is 19.9. The number of alkyl halides is 1. The molecule has 0 spiro atoms. The molecule has 0 bridgehead atoms. The van der Waals surface area contributed by atoms with E-state index in [2.05, 4.69) is 13.8 Å². The number of allylic oxidation sites excluding steroid dienone is 1. The quantitative estimate of drug-likeness (QED) is 0.163. The van der Waals surface area contributed by atoms with Crippen molar-refractivity contribution in [1.82, 2.24) is 5.01 Å². The topological polar surface area (TPSA) is 134 Å². The second-order valence-corrected chi connectivity index (χ2v) is 8.99. The van der Waals surface area contributed by atoms with E-state index in [0.717, 1.165) is 11.1 Å². The molecule has 9 heteroatoms. The summed E-state index contributed by atoms with van der Waals surface area (Å²) in [5.41, 5.74) is 8.36. The summed E-state index contributed by atoms with van der Waals surface area (Å²) < 4.78 is 11.3. The van der Waals surface area contributed by atoms with Crippen LogP contribution in [0.3, 0.4) is 0 Å². The first kappa shape index (κ1) is 27.8. The number of ether oxygens (including phenoxy) is 2. The Labute approximate surface area is 206 Å². The molecular formula is C25H36ClN3O5. The number of aliphatic hydroxyl groups excluding tert-OH is 3. The zero-order valence-corrected chi connectivity index (χ0v) is 20.7. The van der Waals surface area contributed by atoms with E-state index in [0.29, 0.717) is 17.2 Å². The minimum absolute atomic E-state index is 0.0582. The molecule has 2 aromatic carbocycles. The predicted octanol–water partition coefficient (Wildman–Crippen LogP) is 2.09. The van der Waals surface area contributed by atoms with Crippen molar-refractivity contribution in [2.45, 2.75) is 38.4 Å². The van der Waals surface area contributed by atoms with Gasteiger partial charge in [-0.05, 0) is 42.3 Å². The standard InChI is InChI=1S/C25H36ClN3O5/c1-17(24(27)14-30)29(28)13-21(32)16-34-23-10-6-19(7-11-23)25(2,3)18-4-8-22(9-5-18)33-15-20(31)12-26/h4-11,20-21,30-32H,12-16,27-28H2,1-3H3/b24-17-/t20-,21+/m0/s1. The number of halogens is 1. The average molecular weight is 494 g/mol. The molecule has 0 amide bonds. The number of nitrogens with two attached hydrogens (primary N) is 2. The molecule has 0 aliphatic rings. The molecule has 0 saturated heterocycles. The lowest BCUT2D eigenvalue weighted by Crippen LogP contribution is -2.40. The van der Waals surface area contributed by atoms with Crippen molar-refractivity contribution in [3.8, 4) is 11.5 Å². The Hall–Kier alpha value is -2.49. The lowest BCUT2D eigenvalue weighted by atomic mass is 9.78. The van der Waals surface area contributed by atoms with Gasteiger partial charge in [0.1, 0.15) is 36.9 Å². The van der Waals surface area contributed by atoms with Crippen LogP contribution in [-0.4, -0.2) is 64.8 Å². The molecule has 0 heterocycles. The van der Waals surface area contributed by atoms with E-state index in [4.69, 9.17) is 37.8 Å². The summed E-state index contributed by atoms with van der Waals surface area (Å²) in [7, 11) is 0. The lowest BCUT2D eigenvalue weighted by molar-refractivity contribution is 0.0779. The Kier molecular flexibility index (Phi) is 10.5. The molecule has 34 heavy (non-hydrogen) atoms. The van der Waals surface area contributed by atoms with Crippen LogP contribution < -0.4 is 21.1 Å². The number of aliphatic hydroxyl groups is 3. The molecule has 7 N–H and O–H groups in total. The van der Waals surface area contributed by atoms with Crippen molar-refractivity contribution in [2.24, 2.45) is 11.6 Å². The number of hydrogen-bond donors (Lipinski definition) is 5. The van der Waals surface area contributed by atoms with Gasteiger partial charge in [0.25, 0.3) is 0 Å². The second kappa shape index (κ2) is 12.8. The fourth-order valence-corrected chi connectivity index (χ4v) is 3.34. The normalized spacial score (nSPS) is 14.2. The highest BCUT2D eigenvalue weighted by atomic mass is 35.5. The largest absolute Gasteiger partial charge is 0.491 e. The molecule has 0 fully saturated rings. The first-order valence-electron chi connectivity index (χ1n) is 11.1. The van der Waals surface area contributed by atoms with Gasteiger partial charge < -0.3 is 35.5 Å². The van der Waals surface area contributed by atoms with Gasteiger partial charge in [0.05, 0.1) is 24.7 Å². The summed E-state index contributed by atoms with van der Waals surface area (Å²) in [4.78, 5) is 0. The van der Waals surface area contributed by atoms with Gasteiger partial charge in [-0.3, -0.25) is 0 Å². The van der Waals surface area contributed by atoms with E-state index in [1.54, 1.807) is 6.92 Å². The molecule has 0 aromatic heterocycles. The molecule has 0 radical (unpaired) electrons. The summed E-state index contributed by atoms with van der Waals surface area (Å²) in [6, 6.07) is 15.5. The zero-order chi connectivity index (χ0) is 25.3. The van der Waals surface area contributed by atoms with E-state index < -0.39 is 12.2 Å². The molecule has 8 nitrogen and oxygen atoms in total. The van der Waals surface area contributed by atoms with E-state index in [-0.39, 0.29) is 43.4 Å². The van der Waals surface area contributed by atoms with E-state index in [1.165, 1.54) is 5.01 Å². The van der Waals surface area contributed by atoms with E-state index in [1.807, 2.05) is 48.5 Å². The van der Waals surface area contributed by atoms with Crippen molar-refractivity contribution in [2.75, 3.05) is 32.2 Å². The Morgan fingerprint density at radius 3 is 1.79 bits per heavy atom. The second-order valence-electron chi connectivity index (χ2n) is 8.68. The van der Waals surface area contributed by atoms with Gasteiger partial charge in [0.15, 0.2) is 0 Å². The predicted molar refractivity (Wildman–Crippen MR) is 134 cm³/mol. The van der Waals surface area contributed by atoms with Gasteiger partial charge in [0, 0.05) is 11.1 Å². The van der Waals surface area contributed by atoms with Gasteiger partial charge >= 0.3 is 0 Å². The molecule has 0 aliphatic carbocycles. The first-order chi connectivity index (χ1) is 16.1. The Bertz CT molecular complexity index is 919. The number of hydrogen-bond acceptors (Lipinski definition) is 8. The smallest absolute Gasteiger partial charge is 0.119 e. The molecule has 2 atom stereocenters. The molecule has 0 saturated carbocycles. The minimum Gasteiger partial charge on any atom is -0.491 e. The van der Waals surface area contributed by atoms with Crippen molar-refractivity contribution in [3.63, 3.8) is 0 Å². The van der Waals surface area contributed by atoms with Crippen LogP contribution in [0.2, 0.25) is 0 Å². The number of nitrogens with zero attached hydrogens (tertiary/aromatic N) is 1. The Balaban J connectivity index is 1.95. The summed E-state index contributed by atoms with van der Waals surface area (Å²) >= 11 is 5.59. The van der Waals surface area contributed by atoms with Crippen LogP contribution in [0, 0.1) is 0 Å². The van der Waals surface area contributed by atoms with Crippen LogP contribution in [0.25, 0.3) is 0 Å². The van der Waals surface area contributed by atoms with Crippen LogP contribution in [-0.2, 0) is 5.41 Å². The Morgan fingerprint density at radius 1 is 0.941 bits per heavy atom. The Morgan fingerprint density at radius 2 is 1.38 bits per heavy atom. The third-order valence-corrected chi connectivity index (χ3v) is 6.04. The maximum Gasteiger partial charge on any atom is 0.119 e. The maximum absolute atomic E-state index is 10.2. The maximum atomic E-state index is 10.2. The number of hydrazine groups is 1. The number of benzene rings is 2. The van der Waals surface area contributed by atoms with Crippen LogP contribution in [0.4, 0.5) is 0 Å². The van der Waals surface area contributed by atoms with Crippen molar-refractivity contribution in [1.29, 1.82) is 0 Å². The molecule has 2 aromatic rings. The fourth-order valence-electron chi connectivity index (χ4n) is 3.25. The third-order valence-electron chi connectivity index (χ3n) is 5.69. The highest BCUT2D eigenvalue weighted by molar-refractivity contribution is 6.18. The summed E-state index contributed by atoms with van der Waals surface area (Å²) in [5, 5.41) is 30.1. The fraction of sp³-hybridized carbons (Fsp3) is 0.440. The highest BCUT2D eigenvalue weighted by Crippen LogP contribution is 2.33. The van der Waals surface area contributed by atoms with Crippen LogP contribution in [0.5, 0.6) is 11.5 Å². The van der Waals surface area contributed by atoms with E-state index >= 15 is 0 Å². The van der Waals surface area contributed by atoms with Crippen LogP contribution in [0.15, 0.2) is 59.9 Å². The van der Waals surface area contributed by atoms with Crippen molar-refractivity contribution >= 4 is 11.6 Å². The molecular weight excluding hydrogens is 458 g/mol. The molecule has 2 rings (SSSR count). The van der Waals surface area contributed by atoms with Crippen LogP contribution in [0.1, 0.15) is 31.9 Å². The highest BCUT2D eigenvalue weighted by Gasteiger charge is 2.23. The lowest BCUT2D eigenvalue weighted by Gasteiger charge is -2.27. The summed E-state index contributed by atoms with van der Waals surface area (Å²) in [6.45, 7) is 5.95. The number of rotatable bonds is 13. The summed E-state index contributed by atoms with van der Waals surface area (Å²) in [6.07, 6.45) is -1.53. The van der Waals surface area contributed by atoms with Gasteiger partial charge in [-0.15, -0.1) is 11.6 Å². The average Bonchev–Trinajstić information content (AvgIpc) is 2.85. The van der Waals surface area contributed by atoms with Gasteiger partial charge in [-0.25, -0.2) is 5.84 Å².